The van der Waals surface area contributed by atoms with Gasteiger partial charge in [-0.1, -0.05) is 36.0 Å². The molecular weight excluding hydrogens is 460 g/mol. The summed E-state index contributed by atoms with van der Waals surface area (Å²) in [5.74, 6) is 0.810. The van der Waals surface area contributed by atoms with Crippen molar-refractivity contribution in [3.8, 4) is 0 Å². The van der Waals surface area contributed by atoms with Gasteiger partial charge in [0.1, 0.15) is 35.5 Å². The van der Waals surface area contributed by atoms with Crippen molar-refractivity contribution in [1.29, 1.82) is 0 Å². The number of nitrogens with zero attached hydrogens (tertiary/aromatic N) is 4. The fraction of sp³-hybridized carbons (Fsp3) is 0.389. The van der Waals surface area contributed by atoms with Gasteiger partial charge in [-0.3, -0.25) is 4.18 Å². The van der Waals surface area contributed by atoms with Gasteiger partial charge >= 0.3 is 10.3 Å². The van der Waals surface area contributed by atoms with Crippen LogP contribution in [0.25, 0.3) is 11.0 Å². The molecule has 14 heteroatoms. The molecule has 0 spiro atoms. The first-order valence-corrected chi connectivity index (χ1v) is 12.0. The molecule has 1 saturated heterocycles. The number of anilines is 1. The second-order valence-electron chi connectivity index (χ2n) is 7.25. The molecule has 4 rings (SSSR count). The third kappa shape index (κ3) is 4.56. The van der Waals surface area contributed by atoms with E-state index >= 15 is 0 Å². The van der Waals surface area contributed by atoms with E-state index < -0.39 is 41.5 Å². The minimum absolute atomic E-state index is 0.204. The lowest BCUT2D eigenvalue weighted by atomic mass is 10.1. The maximum atomic E-state index is 11.1. The van der Waals surface area contributed by atoms with Crippen LogP contribution in [0.4, 0.5) is 5.82 Å². The monoisotopic (exact) mass is 482 g/mol. The zero-order valence-electron chi connectivity index (χ0n) is 16.9. The van der Waals surface area contributed by atoms with Crippen LogP contribution in [0.15, 0.2) is 35.6 Å². The zero-order valence-corrected chi connectivity index (χ0v) is 18.5. The van der Waals surface area contributed by atoms with Crippen molar-refractivity contribution < 1.29 is 27.6 Å². The first-order valence-electron chi connectivity index (χ1n) is 9.50. The third-order valence-corrected chi connectivity index (χ3v) is 6.57. The van der Waals surface area contributed by atoms with E-state index in [1.165, 1.54) is 22.8 Å². The van der Waals surface area contributed by atoms with Gasteiger partial charge < -0.3 is 20.7 Å². The van der Waals surface area contributed by atoms with Gasteiger partial charge in [-0.25, -0.2) is 19.8 Å². The Bertz CT molecular complexity index is 1240. The van der Waals surface area contributed by atoms with Gasteiger partial charge in [0, 0.05) is 5.75 Å². The molecule has 0 saturated carbocycles. The first kappa shape index (κ1) is 22.8. The Labute approximate surface area is 187 Å². The summed E-state index contributed by atoms with van der Waals surface area (Å²) < 4.78 is 33.6. The maximum Gasteiger partial charge on any atom is 0.333 e. The molecule has 12 nitrogen and oxygen atoms in total. The predicted molar refractivity (Wildman–Crippen MR) is 115 cm³/mol. The van der Waals surface area contributed by atoms with E-state index in [0.717, 1.165) is 11.1 Å². The van der Waals surface area contributed by atoms with Crippen molar-refractivity contribution in [3.63, 3.8) is 0 Å². The van der Waals surface area contributed by atoms with E-state index in [1.807, 2.05) is 31.2 Å². The lowest BCUT2D eigenvalue weighted by Crippen LogP contribution is -2.35. The molecule has 172 valence electrons. The van der Waals surface area contributed by atoms with Crippen molar-refractivity contribution in [3.05, 3.63) is 41.7 Å². The zero-order chi connectivity index (χ0) is 23.0. The highest BCUT2D eigenvalue weighted by Crippen LogP contribution is 2.37. The number of thioether (sulfide) groups is 1. The number of nitrogens with two attached hydrogens (primary N) is 2. The van der Waals surface area contributed by atoms with Crippen molar-refractivity contribution in [1.82, 2.24) is 19.7 Å². The van der Waals surface area contributed by atoms with Gasteiger partial charge in [0.15, 0.2) is 11.9 Å². The highest BCUT2D eigenvalue weighted by atomic mass is 32.2. The number of hydrogen-bond donors (Lipinski definition) is 4. The fourth-order valence-corrected chi connectivity index (χ4v) is 4.82. The summed E-state index contributed by atoms with van der Waals surface area (Å²) in [5, 5.41) is 31.2. The van der Waals surface area contributed by atoms with Crippen LogP contribution < -0.4 is 10.9 Å². The predicted octanol–water partition coefficient (Wildman–Crippen LogP) is -0.151. The number of aliphatic hydroxyl groups excluding tert-OH is 2. The van der Waals surface area contributed by atoms with Crippen LogP contribution in [-0.4, -0.2) is 63.3 Å². The average Bonchev–Trinajstić information content (AvgIpc) is 3.24. The molecule has 0 aliphatic carbocycles. The Morgan fingerprint density at radius 2 is 2.00 bits per heavy atom. The number of aryl methyl sites for hydroxylation is 1. The Kier molecular flexibility index (Phi) is 6.35. The van der Waals surface area contributed by atoms with E-state index in [0.29, 0.717) is 21.8 Å². The number of aromatic nitrogens is 4. The van der Waals surface area contributed by atoms with Gasteiger partial charge in [0.05, 0.1) is 12.0 Å². The summed E-state index contributed by atoms with van der Waals surface area (Å²) in [5.41, 5.74) is 8.62. The molecule has 1 aliphatic heterocycles. The lowest BCUT2D eigenvalue weighted by molar-refractivity contribution is -0.0531. The maximum absolute atomic E-state index is 11.1. The largest absolute Gasteiger partial charge is 0.387 e. The number of hydrogen-bond acceptors (Lipinski definition) is 11. The summed E-state index contributed by atoms with van der Waals surface area (Å²) in [4.78, 5) is 8.26. The molecule has 3 heterocycles. The van der Waals surface area contributed by atoms with Crippen LogP contribution in [-0.2, 0) is 25.0 Å². The Morgan fingerprint density at radius 3 is 2.72 bits per heavy atom. The Hall–Kier alpha value is -2.33. The third-order valence-electron chi connectivity index (χ3n) is 5.09. The van der Waals surface area contributed by atoms with Gasteiger partial charge in [-0.05, 0) is 18.1 Å². The van der Waals surface area contributed by atoms with Crippen LogP contribution >= 0.6 is 11.8 Å². The number of aliphatic hydroxyl groups is 2. The molecule has 6 N–H and O–H groups in total. The summed E-state index contributed by atoms with van der Waals surface area (Å²) >= 11 is 1.42. The molecule has 32 heavy (non-hydrogen) atoms. The molecular formula is C18H22N6O6S2. The number of fused-ring (bicyclic) bond motifs is 1. The number of ether oxygens (including phenoxy) is 1. The van der Waals surface area contributed by atoms with Gasteiger partial charge in [-0.2, -0.15) is 13.5 Å². The van der Waals surface area contributed by atoms with E-state index in [9.17, 15) is 18.6 Å². The van der Waals surface area contributed by atoms with Gasteiger partial charge in [0.2, 0.25) is 0 Å². The van der Waals surface area contributed by atoms with Crippen LogP contribution in [0.3, 0.4) is 0 Å². The minimum Gasteiger partial charge on any atom is -0.387 e. The smallest absolute Gasteiger partial charge is 0.333 e. The van der Waals surface area contributed by atoms with E-state index in [4.69, 9.17) is 15.6 Å². The van der Waals surface area contributed by atoms with Crippen molar-refractivity contribution >= 4 is 38.9 Å². The summed E-state index contributed by atoms with van der Waals surface area (Å²) in [6.45, 7) is 1.44. The van der Waals surface area contributed by atoms with E-state index in [1.54, 1.807) is 0 Å². The quantitative estimate of drug-likeness (QED) is 0.328. The Morgan fingerprint density at radius 1 is 1.25 bits per heavy atom. The van der Waals surface area contributed by atoms with Crippen LogP contribution in [0.5, 0.6) is 0 Å². The number of rotatable bonds is 7. The van der Waals surface area contributed by atoms with Crippen LogP contribution in [0.1, 0.15) is 17.4 Å². The molecule has 0 bridgehead atoms. The van der Waals surface area contributed by atoms with Crippen molar-refractivity contribution in [2.24, 2.45) is 5.14 Å². The standard InChI is InChI=1S/C18H22N6O6S2/c1-9-4-2-3-5-10(9)7-31-17-12-15(19)21-8-22-16(12)24(23-17)18-14(26)13(25)11(30-18)6-29-32(20,27)28/h2-5,8,11,13-14,18,25-26H,6-7H2,1H3,(H2,19,21,22)(H2,20,27,28)/t11-,13-,14-,18-/m1/s1. The molecule has 0 unspecified atom stereocenters. The number of nitrogen functional groups attached to an aromatic ring is 1. The van der Waals surface area contributed by atoms with Crippen LogP contribution in [0, 0.1) is 6.92 Å². The first-order chi connectivity index (χ1) is 15.2. The number of benzene rings is 1. The van der Waals surface area contributed by atoms with E-state index in [-0.39, 0.29) is 5.82 Å². The summed E-state index contributed by atoms with van der Waals surface area (Å²) in [7, 11) is -4.24. The SMILES string of the molecule is Cc1ccccc1CSc1nn([C@@H]2O[C@H](COS(N)(=O)=O)[C@@H](O)[C@H]2O)c2ncnc(N)c12. The molecule has 1 aliphatic rings. The normalized spacial score (nSPS) is 23.8. The second-order valence-corrected chi connectivity index (χ2v) is 9.43. The lowest BCUT2D eigenvalue weighted by Gasteiger charge is -2.15. The topological polar surface area (TPSA) is 189 Å². The molecule has 0 radical (unpaired) electrons. The molecule has 1 aromatic carbocycles. The molecule has 1 fully saturated rings. The highest BCUT2D eigenvalue weighted by Gasteiger charge is 2.45. The molecule has 2 aromatic heterocycles. The Balaban J connectivity index is 1.64. The molecule has 0 amide bonds. The summed E-state index contributed by atoms with van der Waals surface area (Å²) in [6.07, 6.45) is -3.94. The van der Waals surface area contributed by atoms with Crippen LogP contribution in [0.2, 0.25) is 0 Å². The highest BCUT2D eigenvalue weighted by molar-refractivity contribution is 7.98. The molecule has 4 atom stereocenters. The fourth-order valence-electron chi connectivity index (χ4n) is 3.39. The van der Waals surface area contributed by atoms with E-state index in [2.05, 4.69) is 19.2 Å². The summed E-state index contributed by atoms with van der Waals surface area (Å²) in [6, 6.07) is 7.93. The second kappa shape index (κ2) is 8.90. The average molecular weight is 483 g/mol. The van der Waals surface area contributed by atoms with Crippen molar-refractivity contribution in [2.75, 3.05) is 12.3 Å². The van der Waals surface area contributed by atoms with Crippen molar-refractivity contribution in [2.45, 2.75) is 42.2 Å². The van der Waals surface area contributed by atoms with Gasteiger partial charge in [-0.15, -0.1) is 0 Å². The van der Waals surface area contributed by atoms with Gasteiger partial charge in [0.25, 0.3) is 0 Å². The molecule has 3 aromatic rings. The minimum atomic E-state index is -4.24.